The Balaban J connectivity index is 1.61. The molecule has 2 heterocycles. The molecule has 2 saturated heterocycles. The van der Waals surface area contributed by atoms with Crippen LogP contribution in [0.4, 0.5) is 0 Å². The fourth-order valence-corrected chi connectivity index (χ4v) is 4.42. The van der Waals surface area contributed by atoms with Crippen LogP contribution in [-0.2, 0) is 0 Å². The molecular formula is C16H31N3. The highest BCUT2D eigenvalue weighted by molar-refractivity contribution is 4.99. The summed E-state index contributed by atoms with van der Waals surface area (Å²) in [6.45, 7) is 8.20. The average molecular weight is 265 g/mol. The molecule has 3 nitrogen and oxygen atoms in total. The molecule has 19 heavy (non-hydrogen) atoms. The maximum absolute atomic E-state index is 6.06. The molecule has 3 rings (SSSR count). The number of hydrogen-bond donors (Lipinski definition) is 1. The van der Waals surface area contributed by atoms with E-state index in [0.717, 1.165) is 30.6 Å². The molecule has 1 aliphatic carbocycles. The van der Waals surface area contributed by atoms with Gasteiger partial charge in [0, 0.05) is 37.3 Å². The normalized spacial score (nSPS) is 41.8. The van der Waals surface area contributed by atoms with Crippen LogP contribution in [0.5, 0.6) is 0 Å². The highest BCUT2D eigenvalue weighted by Crippen LogP contribution is 2.36. The van der Waals surface area contributed by atoms with Crippen LogP contribution in [0, 0.1) is 5.92 Å². The molecule has 0 amide bonds. The highest BCUT2D eigenvalue weighted by atomic mass is 15.3. The van der Waals surface area contributed by atoms with Crippen LogP contribution in [0.3, 0.4) is 0 Å². The Kier molecular flexibility index (Phi) is 4.16. The Morgan fingerprint density at radius 3 is 2.47 bits per heavy atom. The van der Waals surface area contributed by atoms with E-state index >= 15 is 0 Å². The summed E-state index contributed by atoms with van der Waals surface area (Å²) in [6, 6.07) is 3.14. The van der Waals surface area contributed by atoms with Crippen LogP contribution < -0.4 is 5.73 Å². The molecular weight excluding hydrogens is 234 g/mol. The summed E-state index contributed by atoms with van der Waals surface area (Å²) in [6.07, 6.45) is 8.30. The molecule has 3 heteroatoms. The molecule has 0 spiro atoms. The van der Waals surface area contributed by atoms with Gasteiger partial charge in [0.15, 0.2) is 0 Å². The van der Waals surface area contributed by atoms with E-state index in [1.165, 1.54) is 51.6 Å². The number of nitrogens with two attached hydrogens (primary N) is 1. The molecule has 2 N–H and O–H groups in total. The van der Waals surface area contributed by atoms with Gasteiger partial charge in [0.1, 0.15) is 0 Å². The maximum Gasteiger partial charge on any atom is 0.0241 e. The Morgan fingerprint density at radius 2 is 1.84 bits per heavy atom. The van der Waals surface area contributed by atoms with Crippen LogP contribution in [0.25, 0.3) is 0 Å². The SMILES string of the molecule is CCC1CCN(C2CC(C)N(C3CC3)C2)C(CN)C1. The second-order valence-electron chi connectivity index (χ2n) is 7.09. The van der Waals surface area contributed by atoms with Gasteiger partial charge in [0.2, 0.25) is 0 Å². The van der Waals surface area contributed by atoms with Gasteiger partial charge in [-0.3, -0.25) is 9.80 Å². The molecule has 2 aliphatic heterocycles. The molecule has 0 aromatic heterocycles. The standard InChI is InChI=1S/C16H31N3/c1-3-13-6-7-18(15(9-13)10-17)16-8-12(2)19(11-16)14-4-5-14/h12-16H,3-11,17H2,1-2H3. The largest absolute Gasteiger partial charge is 0.329 e. The van der Waals surface area contributed by atoms with E-state index in [2.05, 4.69) is 23.6 Å². The lowest BCUT2D eigenvalue weighted by molar-refractivity contribution is 0.0724. The molecule has 0 aromatic rings. The third-order valence-corrected chi connectivity index (χ3v) is 5.81. The van der Waals surface area contributed by atoms with Crippen molar-refractivity contribution in [3.8, 4) is 0 Å². The number of likely N-dealkylation sites (tertiary alicyclic amines) is 2. The summed E-state index contributed by atoms with van der Waals surface area (Å²) < 4.78 is 0. The Morgan fingerprint density at radius 1 is 1.05 bits per heavy atom. The number of rotatable bonds is 4. The van der Waals surface area contributed by atoms with E-state index in [9.17, 15) is 0 Å². The van der Waals surface area contributed by atoms with Crippen molar-refractivity contribution < 1.29 is 0 Å². The zero-order valence-corrected chi connectivity index (χ0v) is 12.7. The smallest absolute Gasteiger partial charge is 0.0241 e. The van der Waals surface area contributed by atoms with Gasteiger partial charge in [-0.15, -0.1) is 0 Å². The predicted molar refractivity (Wildman–Crippen MR) is 80.2 cm³/mol. The minimum atomic E-state index is 0.648. The topological polar surface area (TPSA) is 32.5 Å². The lowest BCUT2D eigenvalue weighted by Gasteiger charge is -2.42. The Bertz CT molecular complexity index is 302. The second kappa shape index (κ2) is 5.71. The molecule has 110 valence electrons. The molecule has 4 atom stereocenters. The molecule has 4 unspecified atom stereocenters. The van der Waals surface area contributed by atoms with Crippen molar-refractivity contribution in [2.45, 2.75) is 76.5 Å². The molecule has 0 aromatic carbocycles. The molecule has 3 aliphatic rings. The summed E-state index contributed by atoms with van der Waals surface area (Å²) in [4.78, 5) is 5.54. The lowest BCUT2D eigenvalue weighted by Crippen LogP contribution is -2.52. The number of hydrogen-bond acceptors (Lipinski definition) is 3. The third kappa shape index (κ3) is 2.84. The first-order valence-electron chi connectivity index (χ1n) is 8.44. The Hall–Kier alpha value is -0.120. The first-order valence-corrected chi connectivity index (χ1v) is 8.44. The quantitative estimate of drug-likeness (QED) is 0.844. The summed E-state index contributed by atoms with van der Waals surface area (Å²) in [7, 11) is 0. The van der Waals surface area contributed by atoms with E-state index in [4.69, 9.17) is 5.73 Å². The van der Waals surface area contributed by atoms with Crippen LogP contribution in [-0.4, -0.2) is 53.6 Å². The fraction of sp³-hybridized carbons (Fsp3) is 1.00. The fourth-order valence-electron chi connectivity index (χ4n) is 4.42. The van der Waals surface area contributed by atoms with Gasteiger partial charge in [-0.2, -0.15) is 0 Å². The van der Waals surface area contributed by atoms with Gasteiger partial charge >= 0.3 is 0 Å². The monoisotopic (exact) mass is 265 g/mol. The molecule has 0 radical (unpaired) electrons. The minimum absolute atomic E-state index is 0.648. The van der Waals surface area contributed by atoms with E-state index < -0.39 is 0 Å². The maximum atomic E-state index is 6.06. The summed E-state index contributed by atoms with van der Waals surface area (Å²) in [5, 5.41) is 0. The van der Waals surface area contributed by atoms with Crippen LogP contribution in [0.15, 0.2) is 0 Å². The number of nitrogens with zero attached hydrogens (tertiary/aromatic N) is 2. The van der Waals surface area contributed by atoms with E-state index in [1.807, 2.05) is 0 Å². The molecule has 0 bridgehead atoms. The average Bonchev–Trinajstić information content (AvgIpc) is 3.21. The third-order valence-electron chi connectivity index (χ3n) is 5.81. The highest BCUT2D eigenvalue weighted by Gasteiger charge is 2.42. The van der Waals surface area contributed by atoms with E-state index in [0.29, 0.717) is 6.04 Å². The zero-order valence-electron chi connectivity index (χ0n) is 12.7. The van der Waals surface area contributed by atoms with Crippen molar-refractivity contribution >= 4 is 0 Å². The van der Waals surface area contributed by atoms with Gasteiger partial charge < -0.3 is 5.73 Å². The van der Waals surface area contributed by atoms with Gasteiger partial charge in [-0.05, 0) is 51.5 Å². The number of piperidine rings is 1. The van der Waals surface area contributed by atoms with E-state index in [1.54, 1.807) is 0 Å². The second-order valence-corrected chi connectivity index (χ2v) is 7.09. The first-order chi connectivity index (χ1) is 9.22. The summed E-state index contributed by atoms with van der Waals surface area (Å²) in [5.74, 6) is 0.920. The predicted octanol–water partition coefficient (Wildman–Crippen LogP) is 2.06. The van der Waals surface area contributed by atoms with Gasteiger partial charge in [-0.25, -0.2) is 0 Å². The molecule has 1 saturated carbocycles. The van der Waals surface area contributed by atoms with Gasteiger partial charge in [0.25, 0.3) is 0 Å². The van der Waals surface area contributed by atoms with Crippen molar-refractivity contribution in [3.63, 3.8) is 0 Å². The summed E-state index contributed by atoms with van der Waals surface area (Å²) >= 11 is 0. The van der Waals surface area contributed by atoms with Crippen molar-refractivity contribution in [1.82, 2.24) is 9.80 Å². The summed E-state index contributed by atoms with van der Waals surface area (Å²) in [5.41, 5.74) is 6.06. The zero-order chi connectivity index (χ0) is 13.4. The van der Waals surface area contributed by atoms with Crippen molar-refractivity contribution in [3.05, 3.63) is 0 Å². The van der Waals surface area contributed by atoms with Crippen LogP contribution >= 0.6 is 0 Å². The Labute approximate surface area is 118 Å². The van der Waals surface area contributed by atoms with Crippen molar-refractivity contribution in [1.29, 1.82) is 0 Å². The van der Waals surface area contributed by atoms with Crippen LogP contribution in [0.1, 0.15) is 52.4 Å². The lowest BCUT2D eigenvalue weighted by atomic mass is 9.87. The minimum Gasteiger partial charge on any atom is -0.329 e. The van der Waals surface area contributed by atoms with Crippen molar-refractivity contribution in [2.75, 3.05) is 19.6 Å². The van der Waals surface area contributed by atoms with Gasteiger partial charge in [0.05, 0.1) is 0 Å². The van der Waals surface area contributed by atoms with E-state index in [-0.39, 0.29) is 0 Å². The molecule has 3 fully saturated rings. The first kappa shape index (κ1) is 13.8. The van der Waals surface area contributed by atoms with Gasteiger partial charge in [-0.1, -0.05) is 13.3 Å². The van der Waals surface area contributed by atoms with Crippen molar-refractivity contribution in [2.24, 2.45) is 11.7 Å². The van der Waals surface area contributed by atoms with Crippen LogP contribution in [0.2, 0.25) is 0 Å².